The van der Waals surface area contributed by atoms with Crippen molar-refractivity contribution in [3.63, 3.8) is 0 Å². The molecule has 0 saturated heterocycles. The molecule has 164 valence electrons. The van der Waals surface area contributed by atoms with Gasteiger partial charge in [0.2, 0.25) is 5.91 Å². The van der Waals surface area contributed by atoms with Crippen LogP contribution in [0.4, 0.5) is 0 Å². The second-order valence-corrected chi connectivity index (χ2v) is 6.79. The standard InChI is InChI=1S/C9H11NO5.C5H9NO2.C4H2O3/c11-6(2-3-7(12)13)10-9(8(14)15)4-1-5-9;6-5(4(7)8)2-1-3-5;5-3-1-2-4(6)7-3/h2-3H,1,4-5H2,(H,10,11)(H,12,13)(H,14,15);1-3,6H2,(H,7,8);1-2H/b3-2-;;. The number of cyclic esters (lactones) is 2. The molecule has 2 fully saturated rings. The van der Waals surface area contributed by atoms with E-state index in [1.54, 1.807) is 0 Å². The summed E-state index contributed by atoms with van der Waals surface area (Å²) in [7, 11) is 0. The van der Waals surface area contributed by atoms with Gasteiger partial charge in [0.1, 0.15) is 11.1 Å². The average molecular weight is 426 g/mol. The Balaban J connectivity index is 0.000000250. The van der Waals surface area contributed by atoms with E-state index in [0.717, 1.165) is 31.1 Å². The second-order valence-electron chi connectivity index (χ2n) is 6.79. The summed E-state index contributed by atoms with van der Waals surface area (Å²) in [4.78, 5) is 62.1. The van der Waals surface area contributed by atoms with Crippen molar-refractivity contribution < 1.29 is 48.8 Å². The van der Waals surface area contributed by atoms with Crippen molar-refractivity contribution in [2.75, 3.05) is 0 Å². The summed E-state index contributed by atoms with van der Waals surface area (Å²) in [5.74, 6) is -5.03. The van der Waals surface area contributed by atoms with E-state index < -0.39 is 46.8 Å². The van der Waals surface area contributed by atoms with E-state index in [9.17, 15) is 28.8 Å². The molecule has 0 spiro atoms. The Bertz CT molecular complexity index is 775. The highest BCUT2D eigenvalue weighted by molar-refractivity contribution is 6.05. The molecule has 0 radical (unpaired) electrons. The summed E-state index contributed by atoms with van der Waals surface area (Å²) in [5.41, 5.74) is 3.29. The molecule has 2 aliphatic carbocycles. The Morgan fingerprint density at radius 2 is 1.40 bits per heavy atom. The number of esters is 2. The number of rotatable bonds is 5. The van der Waals surface area contributed by atoms with E-state index >= 15 is 0 Å². The molecule has 1 amide bonds. The molecule has 0 atom stereocenters. The molecule has 3 aliphatic rings. The topological polar surface area (TPSA) is 210 Å². The van der Waals surface area contributed by atoms with Crippen LogP contribution in [-0.4, -0.2) is 62.2 Å². The number of nitrogens with one attached hydrogen (secondary N) is 1. The number of carbonyl (C=O) groups excluding carboxylic acids is 3. The van der Waals surface area contributed by atoms with Gasteiger partial charge in [-0.3, -0.25) is 9.59 Å². The van der Waals surface area contributed by atoms with Gasteiger partial charge < -0.3 is 31.1 Å². The molecular formula is C18H22N2O10. The Morgan fingerprint density at radius 3 is 1.60 bits per heavy atom. The van der Waals surface area contributed by atoms with Crippen molar-refractivity contribution in [2.24, 2.45) is 5.73 Å². The summed E-state index contributed by atoms with van der Waals surface area (Å²) in [6.07, 6.45) is 7.41. The minimum Gasteiger partial charge on any atom is -0.480 e. The van der Waals surface area contributed by atoms with E-state index in [0.29, 0.717) is 31.8 Å². The predicted molar refractivity (Wildman–Crippen MR) is 97.8 cm³/mol. The van der Waals surface area contributed by atoms with Crippen LogP contribution in [0, 0.1) is 0 Å². The monoisotopic (exact) mass is 426 g/mol. The maximum Gasteiger partial charge on any atom is 0.338 e. The SMILES string of the molecule is NC1(C(=O)O)CCC1.O=C(O)/C=C\C(=O)NC1(C(=O)O)CCC1.O=C1C=CC(=O)O1. The Morgan fingerprint density at radius 1 is 0.900 bits per heavy atom. The van der Waals surface area contributed by atoms with Gasteiger partial charge >= 0.3 is 29.8 Å². The number of hydrogen-bond donors (Lipinski definition) is 5. The van der Waals surface area contributed by atoms with Crippen LogP contribution in [0.3, 0.4) is 0 Å². The maximum absolute atomic E-state index is 11.1. The Kier molecular flexibility index (Phi) is 8.41. The van der Waals surface area contributed by atoms with E-state index in [2.05, 4.69) is 10.1 Å². The minimum atomic E-state index is -1.25. The summed E-state index contributed by atoms with van der Waals surface area (Å²) < 4.78 is 3.97. The fraction of sp³-hybridized carbons (Fsp3) is 0.444. The number of aliphatic carboxylic acids is 3. The average Bonchev–Trinajstić information content (AvgIpc) is 2.97. The van der Waals surface area contributed by atoms with Gasteiger partial charge in [0.25, 0.3) is 0 Å². The highest BCUT2D eigenvalue weighted by Gasteiger charge is 2.45. The van der Waals surface area contributed by atoms with Gasteiger partial charge in [0, 0.05) is 24.3 Å². The third kappa shape index (κ3) is 7.13. The zero-order valence-electron chi connectivity index (χ0n) is 15.8. The number of nitrogens with two attached hydrogens (primary N) is 1. The lowest BCUT2D eigenvalue weighted by Gasteiger charge is -2.37. The van der Waals surface area contributed by atoms with Crippen molar-refractivity contribution in [2.45, 2.75) is 49.6 Å². The molecule has 3 rings (SSSR count). The Labute approximate surface area is 170 Å². The normalized spacial score (nSPS) is 19.6. The quantitative estimate of drug-likeness (QED) is 0.211. The molecule has 1 aliphatic heterocycles. The number of ether oxygens (including phenoxy) is 1. The van der Waals surface area contributed by atoms with Gasteiger partial charge in [-0.1, -0.05) is 0 Å². The smallest absolute Gasteiger partial charge is 0.338 e. The van der Waals surface area contributed by atoms with Crippen molar-refractivity contribution in [3.8, 4) is 0 Å². The van der Waals surface area contributed by atoms with E-state index in [1.807, 2.05) is 0 Å². The van der Waals surface area contributed by atoms with Crippen LogP contribution in [-0.2, 0) is 33.5 Å². The lowest BCUT2D eigenvalue weighted by molar-refractivity contribution is -0.151. The highest BCUT2D eigenvalue weighted by Crippen LogP contribution is 2.32. The van der Waals surface area contributed by atoms with E-state index in [-0.39, 0.29) is 0 Å². The number of amides is 1. The third-order valence-electron chi connectivity index (χ3n) is 4.58. The lowest BCUT2D eigenvalue weighted by atomic mass is 9.77. The van der Waals surface area contributed by atoms with Crippen LogP contribution in [0.5, 0.6) is 0 Å². The fourth-order valence-electron chi connectivity index (χ4n) is 2.42. The van der Waals surface area contributed by atoms with Crippen LogP contribution < -0.4 is 11.1 Å². The molecule has 0 aromatic carbocycles. The second kappa shape index (κ2) is 10.3. The van der Waals surface area contributed by atoms with Crippen LogP contribution >= 0.6 is 0 Å². The van der Waals surface area contributed by atoms with Crippen LogP contribution in [0.25, 0.3) is 0 Å². The van der Waals surface area contributed by atoms with Gasteiger partial charge in [0.15, 0.2) is 0 Å². The van der Waals surface area contributed by atoms with Crippen molar-refractivity contribution >= 4 is 35.8 Å². The van der Waals surface area contributed by atoms with E-state index in [4.69, 9.17) is 21.1 Å². The number of carboxylic acid groups (broad SMARTS) is 3. The molecule has 12 nitrogen and oxygen atoms in total. The minimum absolute atomic E-state index is 0.384. The predicted octanol–water partition coefficient (Wildman–Crippen LogP) is -0.671. The first-order valence-electron chi connectivity index (χ1n) is 8.83. The molecule has 6 N–H and O–H groups in total. The molecule has 2 saturated carbocycles. The van der Waals surface area contributed by atoms with Crippen LogP contribution in [0.15, 0.2) is 24.3 Å². The summed E-state index contributed by atoms with van der Waals surface area (Å²) in [5, 5.41) is 27.8. The molecule has 0 aromatic rings. The van der Waals surface area contributed by atoms with Gasteiger partial charge in [-0.25, -0.2) is 19.2 Å². The first kappa shape index (κ1) is 24.5. The number of carboxylic acids is 3. The van der Waals surface area contributed by atoms with Gasteiger partial charge in [-0.05, 0) is 38.5 Å². The van der Waals surface area contributed by atoms with Gasteiger partial charge in [-0.2, -0.15) is 0 Å². The van der Waals surface area contributed by atoms with Crippen molar-refractivity contribution in [1.82, 2.24) is 5.32 Å². The zero-order valence-corrected chi connectivity index (χ0v) is 15.8. The first-order chi connectivity index (χ1) is 13.9. The molecule has 12 heteroatoms. The van der Waals surface area contributed by atoms with E-state index in [1.165, 1.54) is 0 Å². The lowest BCUT2D eigenvalue weighted by Crippen LogP contribution is -2.58. The largest absolute Gasteiger partial charge is 0.480 e. The van der Waals surface area contributed by atoms with Crippen molar-refractivity contribution in [1.29, 1.82) is 0 Å². The highest BCUT2D eigenvalue weighted by atomic mass is 16.6. The Hall–Kier alpha value is -3.54. The van der Waals surface area contributed by atoms with Gasteiger partial charge in [-0.15, -0.1) is 0 Å². The molecular weight excluding hydrogens is 404 g/mol. The molecule has 0 unspecified atom stereocenters. The zero-order chi connectivity index (χ0) is 22.9. The fourth-order valence-corrected chi connectivity index (χ4v) is 2.42. The summed E-state index contributed by atoms with van der Waals surface area (Å²) in [6.45, 7) is 0. The van der Waals surface area contributed by atoms with Gasteiger partial charge in [0.05, 0.1) is 0 Å². The van der Waals surface area contributed by atoms with Crippen molar-refractivity contribution in [3.05, 3.63) is 24.3 Å². The third-order valence-corrected chi connectivity index (χ3v) is 4.58. The number of hydrogen-bond acceptors (Lipinski definition) is 8. The maximum atomic E-state index is 11.1. The van der Waals surface area contributed by atoms with Crippen LogP contribution in [0.1, 0.15) is 38.5 Å². The summed E-state index contributed by atoms with van der Waals surface area (Å²) in [6, 6.07) is 0. The van der Waals surface area contributed by atoms with Crippen LogP contribution in [0.2, 0.25) is 0 Å². The number of carbonyl (C=O) groups is 6. The first-order valence-corrected chi connectivity index (χ1v) is 8.83. The molecule has 1 heterocycles. The molecule has 0 bridgehead atoms. The summed E-state index contributed by atoms with van der Waals surface area (Å²) >= 11 is 0. The molecule has 0 aromatic heterocycles. The molecule has 30 heavy (non-hydrogen) atoms.